The average molecular weight is 345 g/mol. The lowest BCUT2D eigenvalue weighted by Crippen LogP contribution is -2.28. The smallest absolute Gasteiger partial charge is 0.258 e. The van der Waals surface area contributed by atoms with Crippen LogP contribution in [0.25, 0.3) is 0 Å². The molecule has 1 aromatic rings. The lowest BCUT2D eigenvalue weighted by atomic mass is 10.2. The average Bonchev–Trinajstić information content (AvgIpc) is 2.70. The monoisotopic (exact) mass is 344 g/mol. The number of nitro groups is 1. The Kier molecular flexibility index (Phi) is 6.06. The highest BCUT2D eigenvalue weighted by molar-refractivity contribution is 7.98. The van der Waals surface area contributed by atoms with Gasteiger partial charge in [0.25, 0.3) is 5.69 Å². The van der Waals surface area contributed by atoms with Crippen molar-refractivity contribution in [3.63, 3.8) is 0 Å². The maximum atomic E-state index is 11.9. The zero-order valence-electron chi connectivity index (χ0n) is 10.3. The van der Waals surface area contributed by atoms with Gasteiger partial charge in [0.15, 0.2) is 4.34 Å². The van der Waals surface area contributed by atoms with E-state index in [4.69, 9.17) is 11.6 Å². The summed E-state index contributed by atoms with van der Waals surface area (Å²) in [6, 6.07) is 0.981. The first-order valence-corrected chi connectivity index (χ1v) is 9.27. The SMILES string of the molecule is CSCC(C)CNS(=O)(=O)c1cc([N+](=O)[O-])c(Cl)s1. The molecular weight excluding hydrogens is 332 g/mol. The first kappa shape index (κ1) is 16.7. The van der Waals surface area contributed by atoms with Gasteiger partial charge in [0, 0.05) is 12.6 Å². The van der Waals surface area contributed by atoms with Crippen LogP contribution in [0.15, 0.2) is 10.3 Å². The minimum absolute atomic E-state index is 0.137. The maximum absolute atomic E-state index is 11.9. The molecule has 1 aromatic heterocycles. The lowest BCUT2D eigenvalue weighted by Gasteiger charge is -2.10. The maximum Gasteiger partial charge on any atom is 0.300 e. The highest BCUT2D eigenvalue weighted by Gasteiger charge is 2.25. The van der Waals surface area contributed by atoms with E-state index in [1.807, 2.05) is 13.2 Å². The van der Waals surface area contributed by atoms with Gasteiger partial charge in [0.2, 0.25) is 10.0 Å². The van der Waals surface area contributed by atoms with Gasteiger partial charge in [-0.25, -0.2) is 13.1 Å². The zero-order chi connectivity index (χ0) is 14.6. The Morgan fingerprint density at radius 1 is 1.63 bits per heavy atom. The molecule has 0 aliphatic rings. The van der Waals surface area contributed by atoms with Gasteiger partial charge in [-0.3, -0.25) is 10.1 Å². The van der Waals surface area contributed by atoms with Crippen LogP contribution in [-0.4, -0.2) is 31.9 Å². The molecule has 6 nitrogen and oxygen atoms in total. The van der Waals surface area contributed by atoms with Gasteiger partial charge in [-0.05, 0) is 17.9 Å². The first-order chi connectivity index (χ1) is 8.77. The lowest BCUT2D eigenvalue weighted by molar-refractivity contribution is -0.384. The number of rotatable bonds is 7. The third-order valence-corrected chi connectivity index (χ3v) is 6.32. The summed E-state index contributed by atoms with van der Waals surface area (Å²) in [6.45, 7) is 2.20. The van der Waals surface area contributed by atoms with Crippen molar-refractivity contribution in [1.82, 2.24) is 4.72 Å². The fraction of sp³-hybridized carbons (Fsp3) is 0.556. The van der Waals surface area contributed by atoms with Gasteiger partial charge in [-0.1, -0.05) is 18.5 Å². The van der Waals surface area contributed by atoms with Crippen LogP contribution in [0, 0.1) is 16.0 Å². The summed E-state index contributed by atoms with van der Waals surface area (Å²) in [5.74, 6) is 1.00. The molecule has 0 aliphatic carbocycles. The minimum atomic E-state index is -3.74. The summed E-state index contributed by atoms with van der Waals surface area (Å²) < 4.78 is 26.0. The van der Waals surface area contributed by atoms with Crippen LogP contribution in [0.3, 0.4) is 0 Å². The van der Waals surface area contributed by atoms with E-state index in [0.717, 1.165) is 11.8 Å². The van der Waals surface area contributed by atoms with E-state index >= 15 is 0 Å². The normalized spacial score (nSPS) is 13.4. The highest BCUT2D eigenvalue weighted by atomic mass is 35.5. The number of hydrogen-bond donors (Lipinski definition) is 1. The largest absolute Gasteiger partial charge is 0.300 e. The first-order valence-electron chi connectivity index (χ1n) is 5.20. The molecule has 19 heavy (non-hydrogen) atoms. The summed E-state index contributed by atoms with van der Waals surface area (Å²) >= 11 is 7.95. The van der Waals surface area contributed by atoms with Crippen LogP contribution >= 0.6 is 34.7 Å². The molecule has 1 heterocycles. The van der Waals surface area contributed by atoms with E-state index in [0.29, 0.717) is 11.3 Å². The van der Waals surface area contributed by atoms with Crippen molar-refractivity contribution in [2.45, 2.75) is 11.1 Å². The number of halogens is 1. The van der Waals surface area contributed by atoms with Crippen LogP contribution in [-0.2, 0) is 10.0 Å². The van der Waals surface area contributed by atoms with Crippen molar-refractivity contribution in [3.05, 3.63) is 20.5 Å². The van der Waals surface area contributed by atoms with E-state index in [1.165, 1.54) is 0 Å². The molecule has 1 N–H and O–H groups in total. The Balaban J connectivity index is 2.83. The molecule has 0 saturated carbocycles. The number of sulfonamides is 1. The van der Waals surface area contributed by atoms with Crippen LogP contribution in [0.2, 0.25) is 4.34 Å². The molecule has 1 atom stereocenters. The molecule has 0 spiro atoms. The Morgan fingerprint density at radius 2 is 2.26 bits per heavy atom. The van der Waals surface area contributed by atoms with E-state index in [9.17, 15) is 18.5 Å². The molecule has 0 fully saturated rings. The van der Waals surface area contributed by atoms with Crippen LogP contribution in [0.4, 0.5) is 5.69 Å². The Labute approximate surface area is 124 Å². The van der Waals surface area contributed by atoms with Crippen LogP contribution in [0.5, 0.6) is 0 Å². The minimum Gasteiger partial charge on any atom is -0.258 e. The van der Waals surface area contributed by atoms with Crippen LogP contribution < -0.4 is 4.72 Å². The Morgan fingerprint density at radius 3 is 2.74 bits per heavy atom. The van der Waals surface area contributed by atoms with E-state index in [-0.39, 0.29) is 26.7 Å². The van der Waals surface area contributed by atoms with Crippen molar-refractivity contribution < 1.29 is 13.3 Å². The summed E-state index contributed by atoms with van der Waals surface area (Å²) in [6.07, 6.45) is 1.94. The van der Waals surface area contributed by atoms with Crippen molar-refractivity contribution >= 4 is 50.4 Å². The molecule has 0 amide bonds. The van der Waals surface area contributed by atoms with Gasteiger partial charge in [0.05, 0.1) is 4.92 Å². The van der Waals surface area contributed by atoms with E-state index < -0.39 is 14.9 Å². The fourth-order valence-electron chi connectivity index (χ4n) is 1.26. The summed E-state index contributed by atoms with van der Waals surface area (Å²) in [5.41, 5.74) is -0.385. The van der Waals surface area contributed by atoms with E-state index in [2.05, 4.69) is 4.72 Å². The van der Waals surface area contributed by atoms with Gasteiger partial charge in [-0.15, -0.1) is 11.3 Å². The highest BCUT2D eigenvalue weighted by Crippen LogP contribution is 2.36. The Bertz CT molecular complexity index is 558. The number of thiophene rings is 1. The van der Waals surface area contributed by atoms with Gasteiger partial charge < -0.3 is 0 Å². The number of nitrogens with zero attached hydrogens (tertiary/aromatic N) is 1. The second kappa shape index (κ2) is 6.89. The standard InChI is InChI=1S/C9H13ClN2O4S3/c1-6(5-17-2)4-11-19(15,16)8-3-7(12(13)14)9(10)18-8/h3,6,11H,4-5H2,1-2H3. The Hall–Kier alpha value is -0.350. The van der Waals surface area contributed by atoms with Gasteiger partial charge in [-0.2, -0.15) is 11.8 Å². The van der Waals surface area contributed by atoms with Crippen molar-refractivity contribution in [2.75, 3.05) is 18.6 Å². The van der Waals surface area contributed by atoms with Gasteiger partial charge >= 0.3 is 0 Å². The number of thioether (sulfide) groups is 1. The topological polar surface area (TPSA) is 89.3 Å². The summed E-state index contributed by atoms with van der Waals surface area (Å²) in [4.78, 5) is 9.92. The molecule has 1 unspecified atom stereocenters. The molecule has 0 bridgehead atoms. The summed E-state index contributed by atoms with van der Waals surface area (Å²) in [7, 11) is -3.74. The predicted octanol–water partition coefficient (Wildman–Crippen LogP) is 2.59. The quantitative estimate of drug-likeness (QED) is 0.606. The summed E-state index contributed by atoms with van der Waals surface area (Å²) in [5, 5.41) is 10.6. The molecule has 0 aliphatic heterocycles. The molecule has 0 saturated heterocycles. The second-order valence-corrected chi connectivity index (χ2v) is 8.45. The van der Waals surface area contributed by atoms with Crippen molar-refractivity contribution in [2.24, 2.45) is 5.92 Å². The fourth-order valence-corrected chi connectivity index (χ4v) is 4.82. The van der Waals surface area contributed by atoms with E-state index in [1.54, 1.807) is 11.8 Å². The zero-order valence-corrected chi connectivity index (χ0v) is 13.5. The molecule has 10 heteroatoms. The predicted molar refractivity (Wildman–Crippen MR) is 78.7 cm³/mol. The number of nitrogens with one attached hydrogen (secondary N) is 1. The molecule has 1 rings (SSSR count). The molecule has 0 aromatic carbocycles. The molecule has 0 radical (unpaired) electrons. The third kappa shape index (κ3) is 4.60. The molecular formula is C9H13ClN2O4S3. The van der Waals surface area contributed by atoms with Crippen LogP contribution in [0.1, 0.15) is 6.92 Å². The molecule has 108 valence electrons. The second-order valence-electron chi connectivity index (χ2n) is 3.89. The van der Waals surface area contributed by atoms with Gasteiger partial charge in [0.1, 0.15) is 4.21 Å². The number of hydrogen-bond acceptors (Lipinski definition) is 6. The van der Waals surface area contributed by atoms with Crippen molar-refractivity contribution in [3.8, 4) is 0 Å². The van der Waals surface area contributed by atoms with Crippen molar-refractivity contribution in [1.29, 1.82) is 0 Å². The third-order valence-electron chi connectivity index (χ3n) is 2.18.